The Hall–Kier alpha value is -1.08. The summed E-state index contributed by atoms with van der Waals surface area (Å²) in [5.74, 6) is 1.69. The Morgan fingerprint density at radius 3 is 2.36 bits per heavy atom. The van der Waals surface area contributed by atoms with Gasteiger partial charge in [-0.05, 0) is 67.9 Å². The summed E-state index contributed by atoms with van der Waals surface area (Å²) in [5, 5.41) is 0. The van der Waals surface area contributed by atoms with Gasteiger partial charge in [0.25, 0.3) is 0 Å². The van der Waals surface area contributed by atoms with Gasteiger partial charge in [0.15, 0.2) is 0 Å². The maximum absolute atomic E-state index is 5.61. The van der Waals surface area contributed by atoms with Crippen molar-refractivity contribution in [3.63, 3.8) is 0 Å². The van der Waals surface area contributed by atoms with E-state index in [-0.39, 0.29) is 0 Å². The average Bonchev–Trinajstić information content (AvgIpc) is 2.57. The fraction of sp³-hybridized carbons (Fsp3) is 0.619. The molecular formula is C21H32O. The highest BCUT2D eigenvalue weighted by Crippen LogP contribution is 2.37. The maximum atomic E-state index is 5.61. The Bertz CT molecular complexity index is 424. The molecule has 1 nitrogen and oxygen atoms in total. The maximum Gasteiger partial charge on any atom is 0.0716 e. The zero-order valence-corrected chi connectivity index (χ0v) is 14.4. The number of ether oxygens (including phenoxy) is 1. The quantitative estimate of drug-likeness (QED) is 0.407. The van der Waals surface area contributed by atoms with Gasteiger partial charge in [-0.3, -0.25) is 0 Å². The molecule has 0 saturated heterocycles. The number of hydrogen-bond donors (Lipinski definition) is 0. The van der Waals surface area contributed by atoms with E-state index in [4.69, 9.17) is 4.74 Å². The summed E-state index contributed by atoms with van der Waals surface area (Å²) >= 11 is 0. The van der Waals surface area contributed by atoms with E-state index in [9.17, 15) is 0 Å². The topological polar surface area (TPSA) is 9.23 Å². The monoisotopic (exact) mass is 300 g/mol. The molecule has 0 atom stereocenters. The second-order valence-electron chi connectivity index (χ2n) is 6.63. The van der Waals surface area contributed by atoms with E-state index in [0.29, 0.717) is 0 Å². The molecule has 22 heavy (non-hydrogen) atoms. The summed E-state index contributed by atoms with van der Waals surface area (Å²) in [7, 11) is 0. The van der Waals surface area contributed by atoms with Gasteiger partial charge in [0.05, 0.1) is 6.61 Å². The predicted molar refractivity (Wildman–Crippen MR) is 95.1 cm³/mol. The second-order valence-corrected chi connectivity index (χ2v) is 6.63. The summed E-state index contributed by atoms with van der Waals surface area (Å²) in [6.45, 7) is 5.98. The molecule has 0 spiro atoms. The SMILES string of the molecule is CC/C=C/C[C@H]1CC[C@H](c2ccc(COCCC)cc2)CC1. The third-order valence-corrected chi connectivity index (χ3v) is 4.79. The lowest BCUT2D eigenvalue weighted by molar-refractivity contribution is 0.121. The van der Waals surface area contributed by atoms with Crippen molar-refractivity contribution in [2.45, 2.75) is 71.3 Å². The molecule has 1 aromatic rings. The van der Waals surface area contributed by atoms with Crippen molar-refractivity contribution < 1.29 is 4.74 Å². The molecule has 0 aliphatic heterocycles. The smallest absolute Gasteiger partial charge is 0.0716 e. The predicted octanol–water partition coefficient (Wildman–Crippen LogP) is 6.24. The fourth-order valence-electron chi connectivity index (χ4n) is 3.41. The van der Waals surface area contributed by atoms with E-state index in [1.54, 1.807) is 0 Å². The molecule has 0 heterocycles. The van der Waals surface area contributed by atoms with Crippen LogP contribution in [0.25, 0.3) is 0 Å². The largest absolute Gasteiger partial charge is 0.377 e. The van der Waals surface area contributed by atoms with E-state index < -0.39 is 0 Å². The van der Waals surface area contributed by atoms with Crippen LogP contribution in [0, 0.1) is 5.92 Å². The van der Waals surface area contributed by atoms with E-state index in [1.807, 2.05) is 0 Å². The van der Waals surface area contributed by atoms with Gasteiger partial charge >= 0.3 is 0 Å². The van der Waals surface area contributed by atoms with Crippen LogP contribution in [0.15, 0.2) is 36.4 Å². The van der Waals surface area contributed by atoms with Gasteiger partial charge in [0.2, 0.25) is 0 Å². The molecule has 0 aromatic heterocycles. The number of hydrogen-bond acceptors (Lipinski definition) is 1. The zero-order chi connectivity index (χ0) is 15.6. The molecule has 1 fully saturated rings. The minimum absolute atomic E-state index is 0.755. The zero-order valence-electron chi connectivity index (χ0n) is 14.4. The molecule has 0 unspecified atom stereocenters. The van der Waals surface area contributed by atoms with Crippen molar-refractivity contribution in [3.8, 4) is 0 Å². The Morgan fingerprint density at radius 1 is 1.00 bits per heavy atom. The number of allylic oxidation sites excluding steroid dienone is 2. The molecule has 1 aromatic carbocycles. The molecule has 1 aliphatic rings. The Labute approximate surface area is 136 Å². The van der Waals surface area contributed by atoms with Crippen molar-refractivity contribution in [1.29, 1.82) is 0 Å². The number of rotatable bonds is 8. The van der Waals surface area contributed by atoms with Crippen molar-refractivity contribution in [1.82, 2.24) is 0 Å². The molecule has 1 heteroatoms. The van der Waals surface area contributed by atoms with Crippen LogP contribution in [0.2, 0.25) is 0 Å². The number of benzene rings is 1. The standard InChI is InChI=1S/C21H32O/c1-3-5-6-7-18-8-12-20(13-9-18)21-14-10-19(11-15-21)17-22-16-4-2/h5-6,10-11,14-15,18,20H,3-4,7-9,12-13,16-17H2,1-2H3/b6-5+/t18-,20-. The van der Waals surface area contributed by atoms with Gasteiger partial charge in [-0.2, -0.15) is 0 Å². The van der Waals surface area contributed by atoms with Crippen LogP contribution in [0.4, 0.5) is 0 Å². The third-order valence-electron chi connectivity index (χ3n) is 4.79. The van der Waals surface area contributed by atoms with Crippen LogP contribution in [0.1, 0.15) is 75.8 Å². The molecule has 2 rings (SSSR count). The molecule has 0 amide bonds. The van der Waals surface area contributed by atoms with Crippen LogP contribution in [0.5, 0.6) is 0 Å². The lowest BCUT2D eigenvalue weighted by Gasteiger charge is -2.28. The minimum Gasteiger partial charge on any atom is -0.377 e. The second kappa shape index (κ2) is 9.84. The van der Waals surface area contributed by atoms with Crippen LogP contribution in [0.3, 0.4) is 0 Å². The van der Waals surface area contributed by atoms with Crippen LogP contribution >= 0.6 is 0 Å². The summed E-state index contributed by atoms with van der Waals surface area (Å²) in [6, 6.07) is 9.15. The minimum atomic E-state index is 0.755. The normalized spacial score (nSPS) is 22.3. The van der Waals surface area contributed by atoms with E-state index in [1.165, 1.54) is 49.7 Å². The first-order chi connectivity index (χ1) is 10.8. The van der Waals surface area contributed by atoms with Crippen LogP contribution in [-0.2, 0) is 11.3 Å². The molecular weight excluding hydrogens is 268 g/mol. The van der Waals surface area contributed by atoms with Crippen molar-refractivity contribution in [2.75, 3.05) is 6.61 Å². The van der Waals surface area contributed by atoms with Crippen molar-refractivity contribution >= 4 is 0 Å². The van der Waals surface area contributed by atoms with E-state index >= 15 is 0 Å². The first-order valence-corrected chi connectivity index (χ1v) is 9.15. The van der Waals surface area contributed by atoms with E-state index in [0.717, 1.165) is 31.5 Å². The van der Waals surface area contributed by atoms with Gasteiger partial charge in [-0.15, -0.1) is 0 Å². The summed E-state index contributed by atoms with van der Waals surface area (Å²) in [4.78, 5) is 0. The molecule has 1 saturated carbocycles. The Balaban J connectivity index is 1.77. The van der Waals surface area contributed by atoms with E-state index in [2.05, 4.69) is 50.3 Å². The van der Waals surface area contributed by atoms with Crippen LogP contribution < -0.4 is 0 Å². The molecule has 0 N–H and O–H groups in total. The molecule has 122 valence electrons. The highest BCUT2D eigenvalue weighted by Gasteiger charge is 2.21. The van der Waals surface area contributed by atoms with Crippen molar-refractivity contribution in [3.05, 3.63) is 47.5 Å². The van der Waals surface area contributed by atoms with Crippen molar-refractivity contribution in [2.24, 2.45) is 5.92 Å². The third kappa shape index (κ3) is 5.61. The lowest BCUT2D eigenvalue weighted by atomic mass is 9.77. The highest BCUT2D eigenvalue weighted by atomic mass is 16.5. The Morgan fingerprint density at radius 2 is 1.73 bits per heavy atom. The summed E-state index contributed by atoms with van der Waals surface area (Å²) < 4.78 is 5.61. The summed E-state index contributed by atoms with van der Waals surface area (Å²) in [5.41, 5.74) is 2.83. The summed E-state index contributed by atoms with van der Waals surface area (Å²) in [6.07, 6.45) is 13.7. The van der Waals surface area contributed by atoms with Gasteiger partial charge in [-0.25, -0.2) is 0 Å². The van der Waals surface area contributed by atoms with Crippen LogP contribution in [-0.4, -0.2) is 6.61 Å². The van der Waals surface area contributed by atoms with Gasteiger partial charge < -0.3 is 4.74 Å². The van der Waals surface area contributed by atoms with Gasteiger partial charge in [0, 0.05) is 6.61 Å². The van der Waals surface area contributed by atoms with Gasteiger partial charge in [-0.1, -0.05) is 50.3 Å². The molecule has 1 aliphatic carbocycles. The molecule has 0 radical (unpaired) electrons. The lowest BCUT2D eigenvalue weighted by Crippen LogP contribution is -2.12. The molecule has 0 bridgehead atoms. The first-order valence-electron chi connectivity index (χ1n) is 9.15. The fourth-order valence-corrected chi connectivity index (χ4v) is 3.41. The van der Waals surface area contributed by atoms with Gasteiger partial charge in [0.1, 0.15) is 0 Å². The average molecular weight is 300 g/mol. The highest BCUT2D eigenvalue weighted by molar-refractivity contribution is 5.25. The first kappa shape index (κ1) is 17.3. The Kier molecular flexibility index (Phi) is 7.73.